The van der Waals surface area contributed by atoms with Gasteiger partial charge in [-0.2, -0.15) is 0 Å². The van der Waals surface area contributed by atoms with E-state index in [0.717, 1.165) is 5.75 Å². The first-order chi connectivity index (χ1) is 9.65. The molecule has 3 nitrogen and oxygen atoms in total. The third-order valence-electron chi connectivity index (χ3n) is 3.00. The number of halogens is 1. The summed E-state index contributed by atoms with van der Waals surface area (Å²) in [7, 11) is 1.39. The quantitative estimate of drug-likeness (QED) is 0.910. The van der Waals surface area contributed by atoms with Crippen LogP contribution in [0.15, 0.2) is 42.5 Å². The molecule has 0 fully saturated rings. The van der Waals surface area contributed by atoms with Gasteiger partial charge in [0.15, 0.2) is 11.6 Å². The molecule has 2 aromatic carbocycles. The molecule has 0 radical (unpaired) electrons. The van der Waals surface area contributed by atoms with E-state index in [9.17, 15) is 9.50 Å². The van der Waals surface area contributed by atoms with Crippen LogP contribution in [-0.4, -0.2) is 18.8 Å². The van der Waals surface area contributed by atoms with Crippen molar-refractivity contribution in [3.8, 4) is 11.5 Å². The van der Waals surface area contributed by atoms with E-state index in [4.69, 9.17) is 9.47 Å². The second kappa shape index (κ2) is 6.39. The van der Waals surface area contributed by atoms with Crippen LogP contribution in [0.5, 0.6) is 11.5 Å². The summed E-state index contributed by atoms with van der Waals surface area (Å²) in [5.74, 6) is 0.419. The third-order valence-corrected chi connectivity index (χ3v) is 3.00. The summed E-state index contributed by atoms with van der Waals surface area (Å²) in [5.41, 5.74) is 1.29. The molecule has 0 aromatic heterocycles. The monoisotopic (exact) mass is 276 g/mol. The Morgan fingerprint density at radius 3 is 2.35 bits per heavy atom. The van der Waals surface area contributed by atoms with E-state index in [-0.39, 0.29) is 5.75 Å². The van der Waals surface area contributed by atoms with Crippen molar-refractivity contribution in [3.05, 3.63) is 59.4 Å². The molecule has 1 N–H and O–H groups in total. The van der Waals surface area contributed by atoms with Crippen LogP contribution >= 0.6 is 0 Å². The molecule has 2 rings (SSSR count). The number of ether oxygens (including phenoxy) is 2. The lowest BCUT2D eigenvalue weighted by Crippen LogP contribution is -2.01. The first kappa shape index (κ1) is 14.3. The topological polar surface area (TPSA) is 38.7 Å². The van der Waals surface area contributed by atoms with Crippen LogP contribution in [0.2, 0.25) is 0 Å². The largest absolute Gasteiger partial charge is 0.494 e. The van der Waals surface area contributed by atoms with E-state index in [0.29, 0.717) is 17.7 Å². The van der Waals surface area contributed by atoms with Crippen molar-refractivity contribution in [3.63, 3.8) is 0 Å². The second-order valence-electron chi connectivity index (χ2n) is 4.30. The number of benzene rings is 2. The molecule has 0 aliphatic carbocycles. The third kappa shape index (κ3) is 3.08. The normalized spacial score (nSPS) is 12.0. The molecule has 0 spiro atoms. The lowest BCUT2D eigenvalue weighted by molar-refractivity contribution is 0.219. The van der Waals surface area contributed by atoms with E-state index >= 15 is 0 Å². The number of hydrogen-bond acceptors (Lipinski definition) is 3. The first-order valence-electron chi connectivity index (χ1n) is 6.40. The van der Waals surface area contributed by atoms with Gasteiger partial charge in [0.1, 0.15) is 11.9 Å². The highest BCUT2D eigenvalue weighted by atomic mass is 19.1. The molecule has 0 amide bonds. The minimum absolute atomic E-state index is 0.118. The summed E-state index contributed by atoms with van der Waals surface area (Å²) < 4.78 is 23.6. The Balaban J connectivity index is 2.24. The predicted octanol–water partition coefficient (Wildman–Crippen LogP) is 3.31. The molecule has 0 bridgehead atoms. The molecular weight excluding hydrogens is 259 g/mol. The zero-order valence-electron chi connectivity index (χ0n) is 11.5. The summed E-state index contributed by atoms with van der Waals surface area (Å²) in [4.78, 5) is 0. The van der Waals surface area contributed by atoms with E-state index in [1.807, 2.05) is 6.92 Å². The number of methoxy groups -OCH3 is 1. The van der Waals surface area contributed by atoms with Gasteiger partial charge >= 0.3 is 0 Å². The molecule has 106 valence electrons. The molecule has 0 aliphatic rings. The van der Waals surface area contributed by atoms with Crippen molar-refractivity contribution in [2.24, 2.45) is 0 Å². The summed E-state index contributed by atoms with van der Waals surface area (Å²) in [6.07, 6.45) is -0.833. The van der Waals surface area contributed by atoms with Gasteiger partial charge in [0.05, 0.1) is 13.7 Å². The summed E-state index contributed by atoms with van der Waals surface area (Å²) in [6.45, 7) is 2.50. The van der Waals surface area contributed by atoms with Crippen molar-refractivity contribution in [1.82, 2.24) is 0 Å². The highest BCUT2D eigenvalue weighted by Crippen LogP contribution is 2.28. The highest BCUT2D eigenvalue weighted by molar-refractivity contribution is 5.38. The molecule has 0 aliphatic heterocycles. The van der Waals surface area contributed by atoms with Gasteiger partial charge in [-0.15, -0.1) is 0 Å². The van der Waals surface area contributed by atoms with Crippen LogP contribution < -0.4 is 9.47 Å². The Kier molecular flexibility index (Phi) is 4.58. The number of hydrogen-bond donors (Lipinski definition) is 1. The Bertz CT molecular complexity index is 566. The Hall–Kier alpha value is -2.07. The van der Waals surface area contributed by atoms with Gasteiger partial charge in [-0.25, -0.2) is 4.39 Å². The zero-order chi connectivity index (χ0) is 14.5. The van der Waals surface area contributed by atoms with Gasteiger partial charge in [0.2, 0.25) is 0 Å². The molecule has 0 saturated carbocycles. The van der Waals surface area contributed by atoms with Crippen molar-refractivity contribution >= 4 is 0 Å². The van der Waals surface area contributed by atoms with Crippen LogP contribution in [0.1, 0.15) is 24.2 Å². The van der Waals surface area contributed by atoms with Crippen molar-refractivity contribution in [1.29, 1.82) is 0 Å². The van der Waals surface area contributed by atoms with Crippen LogP contribution in [0, 0.1) is 5.82 Å². The lowest BCUT2D eigenvalue weighted by Gasteiger charge is -2.13. The van der Waals surface area contributed by atoms with E-state index in [1.165, 1.54) is 19.2 Å². The van der Waals surface area contributed by atoms with Crippen LogP contribution in [0.25, 0.3) is 0 Å². The molecule has 1 unspecified atom stereocenters. The Morgan fingerprint density at radius 1 is 1.10 bits per heavy atom. The average Bonchev–Trinajstić information content (AvgIpc) is 2.48. The molecule has 0 saturated heterocycles. The SMILES string of the molecule is CCOc1ccc(C(O)c2ccc(F)c(OC)c2)cc1. The van der Waals surface area contributed by atoms with Gasteiger partial charge < -0.3 is 14.6 Å². The molecule has 2 aromatic rings. The standard InChI is InChI=1S/C16H17FO3/c1-3-20-13-7-4-11(5-8-13)16(18)12-6-9-14(17)15(10-12)19-2/h4-10,16,18H,3H2,1-2H3. The fourth-order valence-corrected chi connectivity index (χ4v) is 1.95. The summed E-state index contributed by atoms with van der Waals surface area (Å²) in [5, 5.41) is 10.3. The molecule has 1 atom stereocenters. The zero-order valence-corrected chi connectivity index (χ0v) is 11.5. The van der Waals surface area contributed by atoms with Gasteiger partial charge in [-0.3, -0.25) is 0 Å². The Morgan fingerprint density at radius 2 is 1.75 bits per heavy atom. The van der Waals surface area contributed by atoms with Gasteiger partial charge in [-0.1, -0.05) is 18.2 Å². The lowest BCUT2D eigenvalue weighted by atomic mass is 10.0. The van der Waals surface area contributed by atoms with Crippen molar-refractivity contribution < 1.29 is 19.0 Å². The van der Waals surface area contributed by atoms with Crippen LogP contribution in [-0.2, 0) is 0 Å². The smallest absolute Gasteiger partial charge is 0.165 e. The average molecular weight is 276 g/mol. The van der Waals surface area contributed by atoms with Crippen molar-refractivity contribution in [2.45, 2.75) is 13.0 Å². The highest BCUT2D eigenvalue weighted by Gasteiger charge is 2.13. The summed E-state index contributed by atoms with van der Waals surface area (Å²) in [6, 6.07) is 11.5. The minimum Gasteiger partial charge on any atom is -0.494 e. The predicted molar refractivity (Wildman–Crippen MR) is 74.6 cm³/mol. The molecule has 4 heteroatoms. The van der Waals surface area contributed by atoms with Gasteiger partial charge in [-0.05, 0) is 42.3 Å². The number of aliphatic hydroxyl groups excluding tert-OH is 1. The second-order valence-corrected chi connectivity index (χ2v) is 4.30. The maximum Gasteiger partial charge on any atom is 0.165 e. The van der Waals surface area contributed by atoms with Crippen molar-refractivity contribution in [2.75, 3.05) is 13.7 Å². The molecule has 0 heterocycles. The number of rotatable bonds is 5. The van der Waals surface area contributed by atoms with Crippen LogP contribution in [0.3, 0.4) is 0 Å². The summed E-state index contributed by atoms with van der Waals surface area (Å²) >= 11 is 0. The van der Waals surface area contributed by atoms with E-state index in [2.05, 4.69) is 0 Å². The van der Waals surface area contributed by atoms with Gasteiger partial charge in [0.25, 0.3) is 0 Å². The molecular formula is C16H17FO3. The van der Waals surface area contributed by atoms with Gasteiger partial charge in [0, 0.05) is 0 Å². The van der Waals surface area contributed by atoms with E-state index in [1.54, 1.807) is 30.3 Å². The minimum atomic E-state index is -0.833. The maximum atomic E-state index is 13.4. The maximum absolute atomic E-state index is 13.4. The first-order valence-corrected chi connectivity index (χ1v) is 6.40. The fourth-order valence-electron chi connectivity index (χ4n) is 1.95. The molecule has 20 heavy (non-hydrogen) atoms. The Labute approximate surface area is 117 Å². The van der Waals surface area contributed by atoms with E-state index < -0.39 is 11.9 Å². The van der Waals surface area contributed by atoms with Crippen LogP contribution in [0.4, 0.5) is 4.39 Å². The fraction of sp³-hybridized carbons (Fsp3) is 0.250. The number of aliphatic hydroxyl groups is 1.